The molecule has 130 valence electrons. The summed E-state index contributed by atoms with van der Waals surface area (Å²) in [4.78, 5) is 26.9. The molecule has 2 aromatic rings. The molecular formula is C17H17N3O5. The van der Waals surface area contributed by atoms with Crippen molar-refractivity contribution >= 4 is 17.3 Å². The van der Waals surface area contributed by atoms with Crippen molar-refractivity contribution in [2.45, 2.75) is 19.4 Å². The summed E-state index contributed by atoms with van der Waals surface area (Å²) < 4.78 is 10.9. The minimum absolute atomic E-state index is 0.0650. The van der Waals surface area contributed by atoms with Gasteiger partial charge in [-0.15, -0.1) is 0 Å². The average Bonchev–Trinajstić information content (AvgIpc) is 3.09. The Balaban J connectivity index is 1.75. The molecule has 1 saturated heterocycles. The highest BCUT2D eigenvalue weighted by Crippen LogP contribution is 2.23. The molecule has 1 aromatic carbocycles. The number of carbonyl (C=O) groups is 1. The Kier molecular flexibility index (Phi) is 4.90. The summed E-state index contributed by atoms with van der Waals surface area (Å²) in [6.07, 6.45) is 2.20. The van der Waals surface area contributed by atoms with Crippen LogP contribution in [0.3, 0.4) is 0 Å². The van der Waals surface area contributed by atoms with E-state index in [1.165, 1.54) is 18.3 Å². The van der Waals surface area contributed by atoms with Gasteiger partial charge in [-0.05, 0) is 18.6 Å². The molecule has 2 heterocycles. The molecule has 1 aliphatic rings. The summed E-state index contributed by atoms with van der Waals surface area (Å²) in [6.45, 7) is 2.92. The molecule has 8 nitrogen and oxygen atoms in total. The monoisotopic (exact) mass is 343 g/mol. The van der Waals surface area contributed by atoms with E-state index in [9.17, 15) is 14.9 Å². The fourth-order valence-corrected chi connectivity index (χ4v) is 2.44. The first-order chi connectivity index (χ1) is 12.0. The van der Waals surface area contributed by atoms with Crippen LogP contribution in [-0.2, 0) is 4.74 Å². The summed E-state index contributed by atoms with van der Waals surface area (Å²) in [5.74, 6) is -0.0440. The minimum atomic E-state index is -0.503. The van der Waals surface area contributed by atoms with Crippen LogP contribution in [0, 0.1) is 17.0 Å². The van der Waals surface area contributed by atoms with Crippen LogP contribution < -0.4 is 10.1 Å². The molecule has 1 aromatic heterocycles. The van der Waals surface area contributed by atoms with Crippen LogP contribution in [0.2, 0.25) is 0 Å². The van der Waals surface area contributed by atoms with Gasteiger partial charge in [0.1, 0.15) is 6.10 Å². The van der Waals surface area contributed by atoms with Crippen LogP contribution in [0.25, 0.3) is 0 Å². The molecule has 3 rings (SSSR count). The maximum Gasteiger partial charge on any atom is 0.271 e. The van der Waals surface area contributed by atoms with Crippen molar-refractivity contribution in [3.63, 3.8) is 0 Å². The number of rotatable bonds is 5. The van der Waals surface area contributed by atoms with E-state index in [0.29, 0.717) is 30.3 Å². The van der Waals surface area contributed by atoms with Gasteiger partial charge in [-0.1, -0.05) is 6.07 Å². The number of nitro benzene ring substituents is 1. The topological polar surface area (TPSA) is 104 Å². The lowest BCUT2D eigenvalue weighted by atomic mass is 10.1. The number of hydrogen-bond donors (Lipinski definition) is 1. The van der Waals surface area contributed by atoms with Gasteiger partial charge in [-0.3, -0.25) is 14.9 Å². The Morgan fingerprint density at radius 3 is 2.96 bits per heavy atom. The van der Waals surface area contributed by atoms with E-state index < -0.39 is 10.8 Å². The van der Waals surface area contributed by atoms with Crippen molar-refractivity contribution < 1.29 is 19.2 Å². The highest BCUT2D eigenvalue weighted by Gasteiger charge is 2.19. The van der Waals surface area contributed by atoms with Crippen LogP contribution in [0.1, 0.15) is 22.3 Å². The number of hydrogen-bond acceptors (Lipinski definition) is 6. The molecule has 1 N–H and O–H groups in total. The van der Waals surface area contributed by atoms with Crippen molar-refractivity contribution in [2.75, 3.05) is 18.5 Å². The molecule has 0 saturated carbocycles. The molecule has 1 atom stereocenters. The molecule has 1 amide bonds. The van der Waals surface area contributed by atoms with E-state index in [0.717, 1.165) is 12.0 Å². The lowest BCUT2D eigenvalue weighted by Crippen LogP contribution is -2.17. The van der Waals surface area contributed by atoms with Crippen LogP contribution in [0.4, 0.5) is 11.4 Å². The van der Waals surface area contributed by atoms with Crippen LogP contribution in [-0.4, -0.2) is 35.1 Å². The smallest absolute Gasteiger partial charge is 0.271 e. The highest BCUT2D eigenvalue weighted by molar-refractivity contribution is 6.04. The molecule has 1 aliphatic heterocycles. The molecular weight excluding hydrogens is 326 g/mol. The first kappa shape index (κ1) is 16.8. The van der Waals surface area contributed by atoms with Gasteiger partial charge in [0.25, 0.3) is 11.6 Å². The molecule has 0 aliphatic carbocycles. The molecule has 1 unspecified atom stereocenters. The third-order valence-electron chi connectivity index (χ3n) is 3.85. The average molecular weight is 343 g/mol. The lowest BCUT2D eigenvalue weighted by Gasteiger charge is -2.12. The standard InChI is InChI=1S/C17H17N3O5/c1-11-2-3-13(20(22)23)9-15(11)19-17(21)12-4-6-18-16(8-12)25-14-5-7-24-10-14/h2-4,6,8-9,14H,5,7,10H2,1H3,(H,19,21). The number of nitrogens with one attached hydrogen (secondary N) is 1. The molecule has 0 spiro atoms. The number of aromatic nitrogens is 1. The Hall–Kier alpha value is -3.00. The third-order valence-corrected chi connectivity index (χ3v) is 3.85. The first-order valence-corrected chi connectivity index (χ1v) is 7.80. The summed E-state index contributed by atoms with van der Waals surface area (Å²) in [5.41, 5.74) is 1.39. The van der Waals surface area contributed by atoms with Crippen molar-refractivity contribution in [3.8, 4) is 5.88 Å². The Morgan fingerprint density at radius 2 is 2.24 bits per heavy atom. The van der Waals surface area contributed by atoms with Crippen LogP contribution in [0.15, 0.2) is 36.5 Å². The predicted octanol–water partition coefficient (Wildman–Crippen LogP) is 2.72. The number of ether oxygens (including phenoxy) is 2. The third kappa shape index (κ3) is 4.10. The fraction of sp³-hybridized carbons (Fsp3) is 0.294. The maximum atomic E-state index is 12.4. The van der Waals surface area contributed by atoms with Gasteiger partial charge in [0, 0.05) is 36.4 Å². The number of pyridine rings is 1. The van der Waals surface area contributed by atoms with Crippen LogP contribution in [0.5, 0.6) is 5.88 Å². The largest absolute Gasteiger partial charge is 0.472 e. The van der Waals surface area contributed by atoms with Gasteiger partial charge in [0.15, 0.2) is 0 Å². The quantitative estimate of drug-likeness (QED) is 0.661. The second-order valence-electron chi connectivity index (χ2n) is 5.70. The number of nitrogens with zero attached hydrogens (tertiary/aromatic N) is 2. The zero-order valence-corrected chi connectivity index (χ0v) is 13.6. The zero-order chi connectivity index (χ0) is 17.8. The second-order valence-corrected chi connectivity index (χ2v) is 5.70. The van der Waals surface area contributed by atoms with E-state index in [1.54, 1.807) is 25.1 Å². The number of nitro groups is 1. The minimum Gasteiger partial charge on any atom is -0.472 e. The van der Waals surface area contributed by atoms with Gasteiger partial charge in [0.05, 0.1) is 23.8 Å². The summed E-state index contributed by atoms with van der Waals surface area (Å²) >= 11 is 0. The number of amides is 1. The van der Waals surface area contributed by atoms with Gasteiger partial charge >= 0.3 is 0 Å². The molecule has 25 heavy (non-hydrogen) atoms. The van der Waals surface area contributed by atoms with E-state index in [1.807, 2.05) is 0 Å². The van der Waals surface area contributed by atoms with Crippen molar-refractivity contribution in [1.82, 2.24) is 4.98 Å². The lowest BCUT2D eigenvalue weighted by molar-refractivity contribution is -0.384. The molecule has 0 bridgehead atoms. The van der Waals surface area contributed by atoms with E-state index >= 15 is 0 Å². The maximum absolute atomic E-state index is 12.4. The van der Waals surface area contributed by atoms with Gasteiger partial charge in [0.2, 0.25) is 5.88 Å². The first-order valence-electron chi connectivity index (χ1n) is 7.80. The summed E-state index contributed by atoms with van der Waals surface area (Å²) in [5, 5.41) is 13.6. The number of carbonyl (C=O) groups excluding carboxylic acids is 1. The highest BCUT2D eigenvalue weighted by atomic mass is 16.6. The predicted molar refractivity (Wildman–Crippen MR) is 89.9 cm³/mol. The normalized spacial score (nSPS) is 16.4. The van der Waals surface area contributed by atoms with Gasteiger partial charge < -0.3 is 14.8 Å². The van der Waals surface area contributed by atoms with E-state index in [4.69, 9.17) is 9.47 Å². The number of anilines is 1. The van der Waals surface area contributed by atoms with Gasteiger partial charge in [-0.2, -0.15) is 0 Å². The number of non-ortho nitro benzene ring substituents is 1. The zero-order valence-electron chi connectivity index (χ0n) is 13.6. The van der Waals surface area contributed by atoms with E-state index in [-0.39, 0.29) is 11.8 Å². The Morgan fingerprint density at radius 1 is 1.40 bits per heavy atom. The van der Waals surface area contributed by atoms with Crippen molar-refractivity contribution in [3.05, 3.63) is 57.8 Å². The van der Waals surface area contributed by atoms with E-state index in [2.05, 4.69) is 10.3 Å². The van der Waals surface area contributed by atoms with Crippen molar-refractivity contribution in [2.24, 2.45) is 0 Å². The fourth-order valence-electron chi connectivity index (χ4n) is 2.44. The number of aryl methyl sites for hydroxylation is 1. The Labute approximate surface area is 143 Å². The van der Waals surface area contributed by atoms with Crippen molar-refractivity contribution in [1.29, 1.82) is 0 Å². The summed E-state index contributed by atoms with van der Waals surface area (Å²) in [7, 11) is 0. The summed E-state index contributed by atoms with van der Waals surface area (Å²) in [6, 6.07) is 7.42. The molecule has 8 heteroatoms. The molecule has 1 fully saturated rings. The number of benzene rings is 1. The Bertz CT molecular complexity index is 803. The van der Waals surface area contributed by atoms with Gasteiger partial charge in [-0.25, -0.2) is 4.98 Å². The molecule has 0 radical (unpaired) electrons. The SMILES string of the molecule is Cc1ccc([N+](=O)[O-])cc1NC(=O)c1ccnc(OC2CCOC2)c1. The second kappa shape index (κ2) is 7.27. The van der Waals surface area contributed by atoms with Crippen LogP contribution >= 0.6 is 0 Å².